The Morgan fingerprint density at radius 3 is 2.56 bits per heavy atom. The highest BCUT2D eigenvalue weighted by atomic mass is 19.4. The fourth-order valence-electron chi connectivity index (χ4n) is 3.45. The molecule has 1 saturated carbocycles. The summed E-state index contributed by atoms with van der Waals surface area (Å²) in [5, 5.41) is 5.98. The van der Waals surface area contributed by atoms with Gasteiger partial charge in [-0.15, -0.1) is 0 Å². The third-order valence-corrected chi connectivity index (χ3v) is 5.01. The van der Waals surface area contributed by atoms with Gasteiger partial charge in [-0.05, 0) is 19.1 Å². The monoisotopic (exact) mass is 449 g/mol. The van der Waals surface area contributed by atoms with Gasteiger partial charge in [0.05, 0.1) is 13.2 Å². The van der Waals surface area contributed by atoms with Crippen LogP contribution in [0.15, 0.2) is 47.7 Å². The first-order valence-electron chi connectivity index (χ1n) is 9.69. The van der Waals surface area contributed by atoms with Crippen LogP contribution in [0.4, 0.5) is 29.5 Å². The Morgan fingerprint density at radius 2 is 1.88 bits per heavy atom. The number of anilines is 2. The van der Waals surface area contributed by atoms with E-state index in [1.165, 1.54) is 12.1 Å². The standard InChI is InChI=1S/C20H19F4N7O/c1-3-25-15(21)7-10(2)26-18-29-17(13-5-4-6-14(27-13)20(22,23)24)30-19(31-18)28-16-11-8-32-9-12(11)16/h3-7,11-12,16H,1,8-9H2,2H3,(H2,26,28,29,30,31)/b10-7+,25-15?. The molecule has 2 aromatic rings. The molecule has 1 saturated heterocycles. The van der Waals surface area contributed by atoms with Crippen molar-refractivity contribution in [3.63, 3.8) is 0 Å². The molecule has 32 heavy (non-hydrogen) atoms. The Hall–Kier alpha value is -3.41. The topological polar surface area (TPSA) is 97.2 Å². The normalized spacial score (nSPS) is 23.0. The lowest BCUT2D eigenvalue weighted by Crippen LogP contribution is -2.16. The maximum absolute atomic E-state index is 13.6. The van der Waals surface area contributed by atoms with Gasteiger partial charge in [0.15, 0.2) is 5.82 Å². The lowest BCUT2D eigenvalue weighted by atomic mass is 10.3. The number of hydrogen-bond acceptors (Lipinski definition) is 8. The second-order valence-corrected chi connectivity index (χ2v) is 7.33. The third-order valence-electron chi connectivity index (χ3n) is 5.01. The number of rotatable bonds is 7. The summed E-state index contributed by atoms with van der Waals surface area (Å²) in [7, 11) is 0. The molecule has 0 spiro atoms. The summed E-state index contributed by atoms with van der Waals surface area (Å²) in [6.07, 6.45) is -2.46. The molecule has 12 heteroatoms. The van der Waals surface area contributed by atoms with Crippen LogP contribution in [0.25, 0.3) is 11.5 Å². The number of fused-ring (bicyclic) bond motifs is 1. The van der Waals surface area contributed by atoms with E-state index >= 15 is 0 Å². The van der Waals surface area contributed by atoms with Crippen molar-refractivity contribution in [1.29, 1.82) is 0 Å². The molecule has 1 aliphatic carbocycles. The summed E-state index contributed by atoms with van der Waals surface area (Å²) in [5.74, 6) is 0.00512. The molecule has 2 aliphatic rings. The number of nitrogens with zero attached hydrogens (tertiary/aromatic N) is 5. The van der Waals surface area contributed by atoms with E-state index in [0.717, 1.165) is 18.3 Å². The first-order chi connectivity index (χ1) is 15.2. The Balaban J connectivity index is 1.66. The van der Waals surface area contributed by atoms with E-state index in [2.05, 4.69) is 42.1 Å². The summed E-state index contributed by atoms with van der Waals surface area (Å²) in [5.41, 5.74) is -0.828. The molecule has 0 radical (unpaired) electrons. The van der Waals surface area contributed by atoms with Crippen LogP contribution in [-0.4, -0.2) is 45.2 Å². The van der Waals surface area contributed by atoms with Crippen molar-refractivity contribution in [2.24, 2.45) is 16.8 Å². The van der Waals surface area contributed by atoms with Crippen molar-refractivity contribution in [3.05, 3.63) is 48.4 Å². The van der Waals surface area contributed by atoms with E-state index in [1.807, 2.05) is 0 Å². The van der Waals surface area contributed by atoms with Crippen LogP contribution >= 0.6 is 0 Å². The smallest absolute Gasteiger partial charge is 0.381 e. The number of aromatic nitrogens is 4. The summed E-state index contributed by atoms with van der Waals surface area (Å²) in [6.45, 7) is 6.13. The minimum atomic E-state index is -4.61. The van der Waals surface area contributed by atoms with Gasteiger partial charge in [-0.2, -0.15) is 32.5 Å². The number of nitrogens with one attached hydrogen (secondary N) is 2. The van der Waals surface area contributed by atoms with Crippen LogP contribution in [0.1, 0.15) is 12.6 Å². The van der Waals surface area contributed by atoms with Gasteiger partial charge in [0.25, 0.3) is 0 Å². The number of aliphatic imine (C=N–C) groups is 1. The molecule has 2 unspecified atom stereocenters. The zero-order valence-electron chi connectivity index (χ0n) is 16.9. The summed E-state index contributed by atoms with van der Waals surface area (Å²) < 4.78 is 58.3. The minimum absolute atomic E-state index is 0.0129. The first-order valence-corrected chi connectivity index (χ1v) is 9.69. The quantitative estimate of drug-likeness (QED) is 0.490. The van der Waals surface area contributed by atoms with Crippen LogP contribution in [-0.2, 0) is 10.9 Å². The van der Waals surface area contributed by atoms with Crippen LogP contribution in [0.3, 0.4) is 0 Å². The summed E-state index contributed by atoms with van der Waals surface area (Å²) in [4.78, 5) is 19.7. The Kier molecular flexibility index (Phi) is 5.87. The van der Waals surface area contributed by atoms with Crippen molar-refractivity contribution in [1.82, 2.24) is 19.9 Å². The molecule has 4 rings (SSSR count). The van der Waals surface area contributed by atoms with Gasteiger partial charge in [-0.3, -0.25) is 0 Å². The molecule has 8 nitrogen and oxygen atoms in total. The highest BCUT2D eigenvalue weighted by Gasteiger charge is 2.54. The lowest BCUT2D eigenvalue weighted by Gasteiger charge is -2.12. The Morgan fingerprint density at radius 1 is 1.16 bits per heavy atom. The van der Waals surface area contributed by atoms with E-state index < -0.39 is 17.8 Å². The summed E-state index contributed by atoms with van der Waals surface area (Å²) in [6, 6.07) is 3.57. The molecular formula is C20H19F4N7O. The molecule has 3 heterocycles. The third kappa shape index (κ3) is 4.90. The number of pyridine rings is 1. The maximum atomic E-state index is 13.6. The fraction of sp³-hybridized carbons (Fsp3) is 0.350. The second-order valence-electron chi connectivity index (χ2n) is 7.33. The van der Waals surface area contributed by atoms with Crippen molar-refractivity contribution >= 4 is 17.9 Å². The largest absolute Gasteiger partial charge is 0.433 e. The molecule has 0 bridgehead atoms. The number of hydrogen-bond donors (Lipinski definition) is 2. The van der Waals surface area contributed by atoms with Gasteiger partial charge in [0, 0.05) is 35.9 Å². The molecule has 2 N–H and O–H groups in total. The zero-order chi connectivity index (χ0) is 22.9. The Labute approximate surface area is 180 Å². The van der Waals surface area contributed by atoms with Crippen molar-refractivity contribution in [3.8, 4) is 11.5 Å². The fourth-order valence-corrected chi connectivity index (χ4v) is 3.45. The molecule has 2 fully saturated rings. The SMILES string of the molecule is C=CN=C(F)/C=C(\C)Nc1nc(NC2C3COCC32)nc(-c2cccc(C(F)(F)F)n2)n1. The van der Waals surface area contributed by atoms with Crippen molar-refractivity contribution in [2.75, 3.05) is 23.8 Å². The van der Waals surface area contributed by atoms with Gasteiger partial charge in [0.1, 0.15) is 11.4 Å². The predicted molar refractivity (Wildman–Crippen MR) is 109 cm³/mol. The number of halogens is 4. The van der Waals surface area contributed by atoms with Crippen LogP contribution < -0.4 is 10.6 Å². The molecule has 0 aromatic carbocycles. The van der Waals surface area contributed by atoms with E-state index in [9.17, 15) is 17.6 Å². The van der Waals surface area contributed by atoms with Crippen LogP contribution in [0, 0.1) is 11.8 Å². The van der Waals surface area contributed by atoms with Crippen molar-refractivity contribution < 1.29 is 22.3 Å². The number of alkyl halides is 3. The van der Waals surface area contributed by atoms with Gasteiger partial charge < -0.3 is 15.4 Å². The maximum Gasteiger partial charge on any atom is 0.433 e. The Bertz CT molecular complexity index is 1080. The molecule has 1 aliphatic heterocycles. The van der Waals surface area contributed by atoms with E-state index in [-0.39, 0.29) is 29.5 Å². The van der Waals surface area contributed by atoms with Crippen LogP contribution in [0.5, 0.6) is 0 Å². The van der Waals surface area contributed by atoms with Crippen molar-refractivity contribution in [2.45, 2.75) is 19.1 Å². The average Bonchev–Trinajstić information content (AvgIpc) is 3.14. The molecule has 2 aromatic heterocycles. The highest BCUT2D eigenvalue weighted by molar-refractivity contribution is 5.88. The lowest BCUT2D eigenvalue weighted by molar-refractivity contribution is -0.141. The number of ether oxygens (including phenoxy) is 1. The van der Waals surface area contributed by atoms with Crippen LogP contribution in [0.2, 0.25) is 0 Å². The molecular weight excluding hydrogens is 430 g/mol. The number of allylic oxidation sites excluding steroid dienone is 2. The van der Waals surface area contributed by atoms with E-state index in [4.69, 9.17) is 4.74 Å². The molecule has 2 atom stereocenters. The zero-order valence-corrected chi connectivity index (χ0v) is 16.9. The summed E-state index contributed by atoms with van der Waals surface area (Å²) >= 11 is 0. The highest BCUT2D eigenvalue weighted by Crippen LogP contribution is 2.45. The van der Waals surface area contributed by atoms with Gasteiger partial charge >= 0.3 is 6.18 Å². The predicted octanol–water partition coefficient (Wildman–Crippen LogP) is 3.84. The molecule has 0 amide bonds. The average molecular weight is 449 g/mol. The van der Waals surface area contributed by atoms with E-state index in [0.29, 0.717) is 30.7 Å². The van der Waals surface area contributed by atoms with Gasteiger partial charge in [-0.1, -0.05) is 12.6 Å². The molecule has 168 valence electrons. The second kappa shape index (κ2) is 8.61. The van der Waals surface area contributed by atoms with Gasteiger partial charge in [-0.25, -0.2) is 9.98 Å². The van der Waals surface area contributed by atoms with Gasteiger partial charge in [0.2, 0.25) is 17.9 Å². The van der Waals surface area contributed by atoms with E-state index in [1.54, 1.807) is 6.92 Å². The first kappa shape index (κ1) is 21.8. The minimum Gasteiger partial charge on any atom is -0.381 e.